The second kappa shape index (κ2) is 8.26. The van der Waals surface area contributed by atoms with E-state index in [9.17, 15) is 0 Å². The summed E-state index contributed by atoms with van der Waals surface area (Å²) in [6, 6.07) is 0. The lowest BCUT2D eigenvalue weighted by Gasteiger charge is -2.04. The fourth-order valence-electron chi connectivity index (χ4n) is 1.50. The van der Waals surface area contributed by atoms with Crippen molar-refractivity contribution in [2.45, 2.75) is 13.1 Å². The third kappa shape index (κ3) is 5.18. The van der Waals surface area contributed by atoms with E-state index < -0.39 is 0 Å². The molecule has 4 nitrogen and oxygen atoms in total. The van der Waals surface area contributed by atoms with Crippen LogP contribution in [-0.2, 0) is 13.1 Å². The normalized spacial score (nSPS) is 10.9. The van der Waals surface area contributed by atoms with Gasteiger partial charge in [0.25, 0.3) is 0 Å². The smallest absolute Gasteiger partial charge is 0.0946 e. The number of hydrogen-bond donors (Lipinski definition) is 0. The molecule has 0 amide bonds. The average molecular weight is 282 g/mol. The van der Waals surface area contributed by atoms with Crippen molar-refractivity contribution in [3.8, 4) is 0 Å². The Bertz CT molecular complexity index is 359. The largest absolute Gasteiger partial charge is 0.337 e. The van der Waals surface area contributed by atoms with Crippen LogP contribution >= 0.6 is 23.5 Å². The zero-order valence-corrected chi connectivity index (χ0v) is 11.9. The second-order valence-electron chi connectivity index (χ2n) is 3.83. The van der Waals surface area contributed by atoms with E-state index in [1.807, 2.05) is 61.0 Å². The molecule has 0 radical (unpaired) electrons. The summed E-state index contributed by atoms with van der Waals surface area (Å²) in [4.78, 5) is 8.06. The molecule has 2 aromatic rings. The van der Waals surface area contributed by atoms with Crippen LogP contribution in [0.3, 0.4) is 0 Å². The molecule has 0 saturated heterocycles. The highest BCUT2D eigenvalue weighted by molar-refractivity contribution is 8.02. The predicted molar refractivity (Wildman–Crippen MR) is 79.1 cm³/mol. The molecule has 18 heavy (non-hydrogen) atoms. The van der Waals surface area contributed by atoms with E-state index in [-0.39, 0.29) is 0 Å². The minimum atomic E-state index is 1.06. The quantitative estimate of drug-likeness (QED) is 0.661. The maximum Gasteiger partial charge on any atom is 0.0946 e. The van der Waals surface area contributed by atoms with Gasteiger partial charge in [-0.25, -0.2) is 9.97 Å². The Morgan fingerprint density at radius 2 is 1.22 bits per heavy atom. The summed E-state index contributed by atoms with van der Waals surface area (Å²) in [5.74, 6) is 4.78. The van der Waals surface area contributed by atoms with Gasteiger partial charge in [0.2, 0.25) is 0 Å². The molecule has 0 aliphatic carbocycles. The number of aryl methyl sites for hydroxylation is 2. The molecule has 2 heterocycles. The molecule has 0 saturated carbocycles. The maximum atomic E-state index is 4.03. The number of thioether (sulfide) groups is 2. The Balaban J connectivity index is 1.40. The van der Waals surface area contributed by atoms with Crippen LogP contribution in [0.4, 0.5) is 0 Å². The van der Waals surface area contributed by atoms with E-state index in [0.717, 1.165) is 13.1 Å². The van der Waals surface area contributed by atoms with Gasteiger partial charge in [-0.1, -0.05) is 0 Å². The van der Waals surface area contributed by atoms with Crippen LogP contribution in [0.15, 0.2) is 37.4 Å². The Morgan fingerprint density at radius 1 is 0.722 bits per heavy atom. The van der Waals surface area contributed by atoms with Crippen molar-refractivity contribution in [3.05, 3.63) is 37.4 Å². The van der Waals surface area contributed by atoms with Crippen molar-refractivity contribution in [1.29, 1.82) is 0 Å². The highest BCUT2D eigenvalue weighted by atomic mass is 32.2. The summed E-state index contributed by atoms with van der Waals surface area (Å²) in [6.07, 6.45) is 11.4. The lowest BCUT2D eigenvalue weighted by atomic mass is 10.7. The summed E-state index contributed by atoms with van der Waals surface area (Å²) < 4.78 is 4.25. The summed E-state index contributed by atoms with van der Waals surface area (Å²) in [5, 5.41) is 0. The molecule has 0 bridgehead atoms. The van der Waals surface area contributed by atoms with Crippen molar-refractivity contribution in [2.24, 2.45) is 0 Å². The van der Waals surface area contributed by atoms with Crippen molar-refractivity contribution in [2.75, 3.05) is 23.0 Å². The number of rotatable bonds is 9. The van der Waals surface area contributed by atoms with E-state index in [0.29, 0.717) is 0 Å². The van der Waals surface area contributed by atoms with Crippen LogP contribution < -0.4 is 0 Å². The maximum absolute atomic E-state index is 4.03. The van der Waals surface area contributed by atoms with Crippen LogP contribution in [0.25, 0.3) is 0 Å². The monoisotopic (exact) mass is 282 g/mol. The summed E-state index contributed by atoms with van der Waals surface area (Å²) in [7, 11) is 0. The lowest BCUT2D eigenvalue weighted by molar-refractivity contribution is 0.770. The third-order valence-electron chi connectivity index (χ3n) is 2.48. The van der Waals surface area contributed by atoms with E-state index in [1.165, 1.54) is 23.0 Å². The van der Waals surface area contributed by atoms with Crippen LogP contribution in [0, 0.1) is 0 Å². The van der Waals surface area contributed by atoms with Gasteiger partial charge in [0.05, 0.1) is 12.7 Å². The first kappa shape index (κ1) is 13.5. The van der Waals surface area contributed by atoms with Gasteiger partial charge in [-0.05, 0) is 0 Å². The van der Waals surface area contributed by atoms with Gasteiger partial charge in [0, 0.05) is 60.9 Å². The molecule has 98 valence electrons. The first-order chi connectivity index (χ1) is 8.95. The lowest BCUT2D eigenvalue weighted by Crippen LogP contribution is -2.00. The van der Waals surface area contributed by atoms with E-state index in [4.69, 9.17) is 0 Å². The molecular formula is C12H18N4S2. The fraction of sp³-hybridized carbons (Fsp3) is 0.500. The highest BCUT2D eigenvalue weighted by Gasteiger charge is 1.94. The Morgan fingerprint density at radius 3 is 1.61 bits per heavy atom. The number of aromatic nitrogens is 4. The zero-order chi connectivity index (χ0) is 12.5. The summed E-state index contributed by atoms with van der Waals surface area (Å²) in [5.41, 5.74) is 0. The first-order valence-corrected chi connectivity index (χ1v) is 8.33. The minimum absolute atomic E-state index is 1.06. The molecule has 0 aliphatic rings. The number of imidazole rings is 2. The van der Waals surface area contributed by atoms with Crippen LogP contribution in [0.2, 0.25) is 0 Å². The Hall–Kier alpha value is -0.880. The summed E-state index contributed by atoms with van der Waals surface area (Å²) >= 11 is 4.02. The molecule has 0 atom stereocenters. The van der Waals surface area contributed by atoms with Crippen LogP contribution in [0.5, 0.6) is 0 Å². The molecule has 0 unspecified atom stereocenters. The van der Waals surface area contributed by atoms with E-state index >= 15 is 0 Å². The molecule has 0 aliphatic heterocycles. The molecule has 6 heteroatoms. The van der Waals surface area contributed by atoms with Crippen molar-refractivity contribution in [3.63, 3.8) is 0 Å². The van der Waals surface area contributed by atoms with Gasteiger partial charge in [0.15, 0.2) is 0 Å². The standard InChI is InChI=1S/C12H18N4S2/c1-3-15(11-13-1)5-7-17-9-10-18-8-6-16-4-2-14-12-16/h1-4,11-12H,5-10H2. The van der Waals surface area contributed by atoms with Gasteiger partial charge < -0.3 is 9.13 Å². The van der Waals surface area contributed by atoms with Crippen LogP contribution in [-0.4, -0.2) is 42.1 Å². The van der Waals surface area contributed by atoms with E-state index in [1.54, 1.807) is 0 Å². The number of hydrogen-bond acceptors (Lipinski definition) is 4. The van der Waals surface area contributed by atoms with Gasteiger partial charge in [0.1, 0.15) is 0 Å². The number of nitrogens with zero attached hydrogens (tertiary/aromatic N) is 4. The topological polar surface area (TPSA) is 35.6 Å². The molecule has 0 fully saturated rings. The van der Waals surface area contributed by atoms with E-state index in [2.05, 4.69) is 19.1 Å². The van der Waals surface area contributed by atoms with Gasteiger partial charge in [-0.3, -0.25) is 0 Å². The molecule has 2 aromatic heterocycles. The third-order valence-corrected chi connectivity index (χ3v) is 4.66. The molecule has 0 N–H and O–H groups in total. The van der Waals surface area contributed by atoms with Crippen molar-refractivity contribution < 1.29 is 0 Å². The molecule has 2 rings (SSSR count). The Kier molecular flexibility index (Phi) is 6.22. The zero-order valence-electron chi connectivity index (χ0n) is 10.3. The fourth-order valence-corrected chi connectivity index (χ4v) is 3.53. The van der Waals surface area contributed by atoms with Gasteiger partial charge in [-0.15, -0.1) is 0 Å². The van der Waals surface area contributed by atoms with Crippen molar-refractivity contribution in [1.82, 2.24) is 19.1 Å². The van der Waals surface area contributed by atoms with Gasteiger partial charge in [-0.2, -0.15) is 23.5 Å². The summed E-state index contributed by atoms with van der Waals surface area (Å²) in [6.45, 7) is 2.12. The highest BCUT2D eigenvalue weighted by Crippen LogP contribution is 2.08. The van der Waals surface area contributed by atoms with Crippen LogP contribution in [0.1, 0.15) is 0 Å². The van der Waals surface area contributed by atoms with Gasteiger partial charge >= 0.3 is 0 Å². The second-order valence-corrected chi connectivity index (χ2v) is 6.28. The Labute approximate surface area is 116 Å². The predicted octanol–water partition coefficient (Wildman–Crippen LogP) is 2.25. The first-order valence-electron chi connectivity index (χ1n) is 6.02. The molecule has 0 spiro atoms. The SMILES string of the molecule is c1cn(CCSCCSCCn2ccnc2)cn1. The average Bonchev–Trinajstić information content (AvgIpc) is 3.05. The molecular weight excluding hydrogens is 264 g/mol. The minimum Gasteiger partial charge on any atom is -0.337 e. The molecule has 0 aromatic carbocycles. The van der Waals surface area contributed by atoms with Crippen molar-refractivity contribution >= 4 is 23.5 Å².